The van der Waals surface area contributed by atoms with Gasteiger partial charge in [0.25, 0.3) is 5.91 Å². The summed E-state index contributed by atoms with van der Waals surface area (Å²) in [6.45, 7) is 8.01. The second-order valence-electron chi connectivity index (χ2n) is 7.47. The third-order valence-electron chi connectivity index (χ3n) is 4.72. The first-order valence-electron chi connectivity index (χ1n) is 10.3. The van der Waals surface area contributed by atoms with Gasteiger partial charge in [-0.2, -0.15) is 4.98 Å². The molecule has 0 unspecified atom stereocenters. The van der Waals surface area contributed by atoms with Crippen LogP contribution in [0.2, 0.25) is 0 Å². The average molecular weight is 409 g/mol. The van der Waals surface area contributed by atoms with E-state index in [1.54, 1.807) is 24.2 Å². The SMILES string of the molecule is CCCc1ccc(O[C@H](C)C(=O)N(Cc2nc(-c3cccnc3)no2)C(C)C)cc1. The van der Waals surface area contributed by atoms with Crippen LogP contribution in [0.4, 0.5) is 0 Å². The number of aryl methyl sites for hydroxylation is 1. The van der Waals surface area contributed by atoms with Gasteiger partial charge in [0.1, 0.15) is 12.3 Å². The molecule has 0 aliphatic heterocycles. The number of benzene rings is 1. The van der Waals surface area contributed by atoms with Gasteiger partial charge in [0.2, 0.25) is 11.7 Å². The molecule has 2 heterocycles. The third-order valence-corrected chi connectivity index (χ3v) is 4.72. The van der Waals surface area contributed by atoms with E-state index in [0.29, 0.717) is 17.5 Å². The summed E-state index contributed by atoms with van der Waals surface area (Å²) in [6, 6.07) is 11.5. The van der Waals surface area contributed by atoms with Crippen LogP contribution in [0.15, 0.2) is 53.3 Å². The number of hydrogen-bond donors (Lipinski definition) is 0. The third kappa shape index (κ3) is 5.43. The molecule has 30 heavy (non-hydrogen) atoms. The standard InChI is InChI=1S/C23H28N4O3/c1-5-7-18-9-11-20(12-10-18)29-17(4)23(28)27(16(2)3)15-21-25-22(26-30-21)19-8-6-13-24-14-19/h6,8-14,16-17H,5,7,15H2,1-4H3/t17-/m1/s1. The van der Waals surface area contributed by atoms with Gasteiger partial charge < -0.3 is 14.2 Å². The van der Waals surface area contributed by atoms with Crippen LogP contribution in [0.25, 0.3) is 11.4 Å². The van der Waals surface area contributed by atoms with E-state index in [4.69, 9.17) is 9.26 Å². The van der Waals surface area contributed by atoms with Crippen LogP contribution in [0, 0.1) is 0 Å². The summed E-state index contributed by atoms with van der Waals surface area (Å²) in [7, 11) is 0. The number of rotatable bonds is 9. The fourth-order valence-electron chi connectivity index (χ4n) is 3.10. The number of pyridine rings is 1. The Balaban J connectivity index is 1.66. The lowest BCUT2D eigenvalue weighted by atomic mass is 10.1. The molecule has 0 saturated carbocycles. The molecule has 3 aromatic rings. The molecular weight excluding hydrogens is 380 g/mol. The molecule has 0 aliphatic carbocycles. The van der Waals surface area contributed by atoms with Gasteiger partial charge in [-0.05, 0) is 57.0 Å². The van der Waals surface area contributed by atoms with Crippen LogP contribution in [-0.2, 0) is 17.8 Å². The smallest absolute Gasteiger partial charge is 0.264 e. The fraction of sp³-hybridized carbons (Fsp3) is 0.391. The minimum absolute atomic E-state index is 0.0516. The maximum absolute atomic E-state index is 13.0. The Bertz CT molecular complexity index is 939. The summed E-state index contributed by atoms with van der Waals surface area (Å²) in [6.07, 6.45) is 4.84. The van der Waals surface area contributed by atoms with Crippen LogP contribution >= 0.6 is 0 Å². The Morgan fingerprint density at radius 1 is 1.17 bits per heavy atom. The van der Waals surface area contributed by atoms with E-state index in [1.807, 2.05) is 50.2 Å². The van der Waals surface area contributed by atoms with Crippen molar-refractivity contribution >= 4 is 5.91 Å². The monoisotopic (exact) mass is 408 g/mol. The van der Waals surface area contributed by atoms with Gasteiger partial charge in [0.15, 0.2) is 6.10 Å². The summed E-state index contributed by atoms with van der Waals surface area (Å²) >= 11 is 0. The van der Waals surface area contributed by atoms with E-state index in [1.165, 1.54) is 5.56 Å². The molecule has 1 atom stereocenters. The van der Waals surface area contributed by atoms with E-state index in [0.717, 1.165) is 18.4 Å². The molecule has 158 valence electrons. The first-order valence-corrected chi connectivity index (χ1v) is 10.3. The van der Waals surface area contributed by atoms with E-state index in [2.05, 4.69) is 22.0 Å². The number of ether oxygens (including phenoxy) is 1. The number of carbonyl (C=O) groups is 1. The highest BCUT2D eigenvalue weighted by Gasteiger charge is 2.26. The lowest BCUT2D eigenvalue weighted by molar-refractivity contribution is -0.140. The molecule has 0 saturated heterocycles. The molecule has 1 aromatic carbocycles. The van der Waals surface area contributed by atoms with Crippen molar-refractivity contribution in [3.8, 4) is 17.1 Å². The maximum Gasteiger partial charge on any atom is 0.264 e. The van der Waals surface area contributed by atoms with Crippen molar-refractivity contribution in [1.29, 1.82) is 0 Å². The van der Waals surface area contributed by atoms with E-state index in [-0.39, 0.29) is 18.5 Å². The van der Waals surface area contributed by atoms with Crippen molar-refractivity contribution in [2.24, 2.45) is 0 Å². The molecule has 2 aromatic heterocycles. The quantitative estimate of drug-likeness (QED) is 0.525. The summed E-state index contributed by atoms with van der Waals surface area (Å²) in [5, 5.41) is 4.00. The first-order chi connectivity index (χ1) is 14.5. The molecule has 7 heteroatoms. The Labute approximate surface area is 177 Å². The van der Waals surface area contributed by atoms with Crippen LogP contribution in [-0.4, -0.2) is 38.1 Å². The Kier molecular flexibility index (Phi) is 7.17. The largest absolute Gasteiger partial charge is 0.481 e. The van der Waals surface area contributed by atoms with Gasteiger partial charge in [-0.3, -0.25) is 9.78 Å². The molecule has 3 rings (SSSR count). The highest BCUT2D eigenvalue weighted by atomic mass is 16.5. The van der Waals surface area contributed by atoms with E-state index in [9.17, 15) is 4.79 Å². The lowest BCUT2D eigenvalue weighted by Gasteiger charge is -2.28. The zero-order chi connectivity index (χ0) is 21.5. The van der Waals surface area contributed by atoms with Gasteiger partial charge in [-0.25, -0.2) is 0 Å². The molecule has 0 radical (unpaired) electrons. The zero-order valence-corrected chi connectivity index (χ0v) is 17.9. The van der Waals surface area contributed by atoms with Gasteiger partial charge >= 0.3 is 0 Å². The Hall–Kier alpha value is -3.22. The molecular formula is C23H28N4O3. The normalized spacial score (nSPS) is 12.0. The van der Waals surface area contributed by atoms with Crippen molar-refractivity contribution in [3.63, 3.8) is 0 Å². The van der Waals surface area contributed by atoms with Gasteiger partial charge in [-0.15, -0.1) is 0 Å². The topological polar surface area (TPSA) is 81.4 Å². The van der Waals surface area contributed by atoms with Gasteiger partial charge in [0.05, 0.1) is 0 Å². The van der Waals surface area contributed by atoms with Crippen molar-refractivity contribution in [1.82, 2.24) is 20.0 Å². The summed E-state index contributed by atoms with van der Waals surface area (Å²) in [4.78, 5) is 23.2. The second kappa shape index (κ2) is 10.0. The highest BCUT2D eigenvalue weighted by molar-refractivity contribution is 5.81. The van der Waals surface area contributed by atoms with Crippen molar-refractivity contribution < 1.29 is 14.1 Å². The fourth-order valence-corrected chi connectivity index (χ4v) is 3.10. The van der Waals surface area contributed by atoms with Gasteiger partial charge in [0, 0.05) is 24.0 Å². The van der Waals surface area contributed by atoms with Crippen LogP contribution in [0.3, 0.4) is 0 Å². The predicted molar refractivity (Wildman–Crippen MR) is 114 cm³/mol. The molecule has 0 fully saturated rings. The van der Waals surface area contributed by atoms with E-state index < -0.39 is 6.10 Å². The van der Waals surface area contributed by atoms with Crippen LogP contribution in [0.5, 0.6) is 5.75 Å². The summed E-state index contributed by atoms with van der Waals surface area (Å²) in [5.41, 5.74) is 2.02. The highest BCUT2D eigenvalue weighted by Crippen LogP contribution is 2.19. The number of aromatic nitrogens is 3. The Morgan fingerprint density at radius 3 is 2.57 bits per heavy atom. The van der Waals surface area contributed by atoms with Crippen molar-refractivity contribution in [2.75, 3.05) is 0 Å². The average Bonchev–Trinajstić information content (AvgIpc) is 3.22. The molecule has 1 amide bonds. The lowest BCUT2D eigenvalue weighted by Crippen LogP contribution is -2.43. The minimum Gasteiger partial charge on any atom is -0.481 e. The van der Waals surface area contributed by atoms with Crippen LogP contribution < -0.4 is 4.74 Å². The first kappa shape index (κ1) is 21.5. The maximum atomic E-state index is 13.0. The minimum atomic E-state index is -0.634. The van der Waals surface area contributed by atoms with E-state index >= 15 is 0 Å². The zero-order valence-electron chi connectivity index (χ0n) is 17.9. The molecule has 7 nitrogen and oxygen atoms in total. The van der Waals surface area contributed by atoms with Crippen LogP contribution in [0.1, 0.15) is 45.6 Å². The van der Waals surface area contributed by atoms with Crippen molar-refractivity contribution in [2.45, 2.75) is 59.2 Å². The van der Waals surface area contributed by atoms with Crippen molar-refractivity contribution in [3.05, 3.63) is 60.2 Å². The number of nitrogens with zero attached hydrogens (tertiary/aromatic N) is 4. The molecule has 0 N–H and O–H groups in total. The number of carbonyl (C=O) groups excluding carboxylic acids is 1. The predicted octanol–water partition coefficient (Wildman–Crippen LogP) is 4.29. The molecule has 0 aliphatic rings. The number of hydrogen-bond acceptors (Lipinski definition) is 6. The molecule has 0 bridgehead atoms. The summed E-state index contributed by atoms with van der Waals surface area (Å²) in [5.74, 6) is 1.36. The molecule has 0 spiro atoms. The van der Waals surface area contributed by atoms with Gasteiger partial charge in [-0.1, -0.05) is 30.6 Å². The second-order valence-corrected chi connectivity index (χ2v) is 7.47. The number of amides is 1. The Morgan fingerprint density at radius 2 is 1.93 bits per heavy atom. The summed E-state index contributed by atoms with van der Waals surface area (Å²) < 4.78 is 11.2.